The highest BCUT2D eigenvalue weighted by molar-refractivity contribution is 6.33. The van der Waals surface area contributed by atoms with Crippen molar-refractivity contribution in [3.63, 3.8) is 0 Å². The molecule has 1 atom stereocenters. The maximum Gasteiger partial charge on any atom is 0.408 e. The van der Waals surface area contributed by atoms with Crippen molar-refractivity contribution in [2.75, 3.05) is 25.0 Å². The average Bonchev–Trinajstić information content (AvgIpc) is 3.22. The van der Waals surface area contributed by atoms with Crippen LogP contribution in [0.1, 0.15) is 33.1 Å². The van der Waals surface area contributed by atoms with E-state index in [4.69, 9.17) is 16.3 Å². The Balaban J connectivity index is 1.90. The van der Waals surface area contributed by atoms with Crippen LogP contribution >= 0.6 is 11.6 Å². The second-order valence-corrected chi connectivity index (χ2v) is 7.93. The van der Waals surface area contributed by atoms with Crippen molar-refractivity contribution in [2.45, 2.75) is 45.3 Å². The first-order valence-electron chi connectivity index (χ1n) is 10.7. The third kappa shape index (κ3) is 6.03. The van der Waals surface area contributed by atoms with Gasteiger partial charge in [-0.1, -0.05) is 24.9 Å². The Kier molecular flexibility index (Phi) is 8.47. The van der Waals surface area contributed by atoms with Crippen molar-refractivity contribution in [3.8, 4) is 16.9 Å². The van der Waals surface area contributed by atoms with Gasteiger partial charge in [-0.2, -0.15) is 32.8 Å². The van der Waals surface area contributed by atoms with Gasteiger partial charge in [-0.3, -0.25) is 0 Å². The summed E-state index contributed by atoms with van der Waals surface area (Å²) in [6, 6.07) is -0.194. The van der Waals surface area contributed by atoms with E-state index in [-0.39, 0.29) is 18.1 Å². The summed E-state index contributed by atoms with van der Waals surface area (Å²) < 4.78 is 76.1. The maximum absolute atomic E-state index is 15.1. The molecule has 2 aromatic heterocycles. The largest absolute Gasteiger partial charge is 0.493 e. The molecule has 2 N–H and O–H groups in total. The monoisotopic (exact) mass is 506 g/mol. The predicted octanol–water partition coefficient (Wildman–Crippen LogP) is 5.24. The fraction of sp³-hybridized carbons (Fsp3) is 0.476. The SMILES string of the molecule is CCCCNCCCOc1cc(F)c(-c2c(Cl)nc3ncnn3c2N[C@@H](C)C(F)(F)F)c(F)c1. The van der Waals surface area contributed by atoms with Crippen LogP contribution in [0.4, 0.5) is 27.8 Å². The number of anilines is 1. The van der Waals surface area contributed by atoms with Crippen LogP contribution < -0.4 is 15.4 Å². The summed E-state index contributed by atoms with van der Waals surface area (Å²) in [5.41, 5.74) is -1.09. The molecular weight excluding hydrogens is 483 g/mol. The van der Waals surface area contributed by atoms with Crippen molar-refractivity contribution in [1.29, 1.82) is 0 Å². The lowest BCUT2D eigenvalue weighted by Crippen LogP contribution is -2.34. The molecule has 0 spiro atoms. The van der Waals surface area contributed by atoms with Crippen molar-refractivity contribution < 1.29 is 26.7 Å². The molecule has 34 heavy (non-hydrogen) atoms. The summed E-state index contributed by atoms with van der Waals surface area (Å²) in [6.45, 7) is 4.72. The first-order chi connectivity index (χ1) is 16.1. The molecular formula is C21H24ClF5N6O. The molecule has 3 aromatic rings. The minimum absolute atomic E-state index is 0.0589. The molecule has 0 amide bonds. The van der Waals surface area contributed by atoms with Gasteiger partial charge in [0.15, 0.2) is 0 Å². The first-order valence-corrected chi connectivity index (χ1v) is 11.1. The minimum atomic E-state index is -4.65. The van der Waals surface area contributed by atoms with E-state index in [1.807, 2.05) is 0 Å². The Hall–Kier alpha value is -2.73. The Bertz CT molecular complexity index is 1100. The number of fused-ring (bicyclic) bond motifs is 1. The van der Waals surface area contributed by atoms with E-state index in [0.29, 0.717) is 13.0 Å². The third-order valence-corrected chi connectivity index (χ3v) is 5.24. The molecule has 3 rings (SSSR count). The number of nitrogens with one attached hydrogen (secondary N) is 2. The van der Waals surface area contributed by atoms with Crippen LogP contribution in [0, 0.1) is 11.6 Å². The molecule has 0 bridgehead atoms. The van der Waals surface area contributed by atoms with Crippen LogP contribution in [0.25, 0.3) is 16.9 Å². The number of alkyl halides is 3. The zero-order chi connectivity index (χ0) is 24.9. The van der Waals surface area contributed by atoms with Crippen molar-refractivity contribution in [3.05, 3.63) is 35.2 Å². The summed E-state index contributed by atoms with van der Waals surface area (Å²) in [7, 11) is 0. The lowest BCUT2D eigenvalue weighted by Gasteiger charge is -2.21. The zero-order valence-electron chi connectivity index (χ0n) is 18.5. The lowest BCUT2D eigenvalue weighted by atomic mass is 10.1. The van der Waals surface area contributed by atoms with E-state index in [9.17, 15) is 13.2 Å². The second kappa shape index (κ2) is 11.1. The number of nitrogens with zero attached hydrogens (tertiary/aromatic N) is 4. The Morgan fingerprint density at radius 3 is 2.44 bits per heavy atom. The molecule has 0 saturated heterocycles. The molecule has 0 unspecified atom stereocenters. The number of benzene rings is 1. The van der Waals surface area contributed by atoms with Gasteiger partial charge in [-0.05, 0) is 32.9 Å². The third-order valence-electron chi connectivity index (χ3n) is 4.97. The van der Waals surface area contributed by atoms with Crippen LogP contribution in [-0.4, -0.2) is 51.5 Å². The topological polar surface area (TPSA) is 76.4 Å². The molecule has 0 saturated carbocycles. The van der Waals surface area contributed by atoms with Gasteiger partial charge >= 0.3 is 6.18 Å². The highest BCUT2D eigenvalue weighted by Gasteiger charge is 2.37. The van der Waals surface area contributed by atoms with Gasteiger partial charge in [0.2, 0.25) is 0 Å². The highest BCUT2D eigenvalue weighted by atomic mass is 35.5. The minimum Gasteiger partial charge on any atom is -0.493 e. The number of halogens is 6. The summed E-state index contributed by atoms with van der Waals surface area (Å²) in [5, 5.41) is 8.79. The van der Waals surface area contributed by atoms with E-state index >= 15 is 8.78 Å². The molecule has 2 heterocycles. The quantitative estimate of drug-likeness (QED) is 0.210. The summed E-state index contributed by atoms with van der Waals surface area (Å²) in [6.07, 6.45) is -0.872. The zero-order valence-corrected chi connectivity index (χ0v) is 19.3. The average molecular weight is 507 g/mol. The molecule has 186 valence electrons. The van der Waals surface area contributed by atoms with Crippen molar-refractivity contribution >= 4 is 23.2 Å². The second-order valence-electron chi connectivity index (χ2n) is 7.57. The van der Waals surface area contributed by atoms with E-state index in [1.165, 1.54) is 0 Å². The molecule has 0 aliphatic carbocycles. The van der Waals surface area contributed by atoms with E-state index in [0.717, 1.165) is 49.3 Å². The van der Waals surface area contributed by atoms with Crippen LogP contribution in [-0.2, 0) is 0 Å². The Morgan fingerprint density at radius 2 is 1.79 bits per heavy atom. The van der Waals surface area contributed by atoms with Gasteiger partial charge in [0.05, 0.1) is 17.7 Å². The number of hydrogen-bond acceptors (Lipinski definition) is 6. The van der Waals surface area contributed by atoms with Crippen LogP contribution in [0.15, 0.2) is 18.5 Å². The van der Waals surface area contributed by atoms with Gasteiger partial charge in [0.25, 0.3) is 5.78 Å². The van der Waals surface area contributed by atoms with Crippen LogP contribution in [0.2, 0.25) is 5.15 Å². The van der Waals surface area contributed by atoms with E-state index < -0.39 is 46.0 Å². The molecule has 1 aromatic carbocycles. The highest BCUT2D eigenvalue weighted by Crippen LogP contribution is 2.39. The van der Waals surface area contributed by atoms with Crippen LogP contribution in [0.5, 0.6) is 5.75 Å². The van der Waals surface area contributed by atoms with E-state index in [2.05, 4.69) is 32.6 Å². The molecule has 0 fully saturated rings. The summed E-state index contributed by atoms with van der Waals surface area (Å²) in [4.78, 5) is 7.69. The standard InChI is InChI=1S/C21H24ClF5N6O/c1-3-4-6-28-7-5-8-34-13-9-14(23)16(15(24)10-13)17-18(22)32-20-29-11-30-33(20)19(17)31-12(2)21(25,26)27/h9-12,28,31H,3-8H2,1-2H3/t12-/m0/s1. The smallest absolute Gasteiger partial charge is 0.408 e. The van der Waals surface area contributed by atoms with Gasteiger partial charge < -0.3 is 15.4 Å². The molecule has 7 nitrogen and oxygen atoms in total. The fourth-order valence-corrected chi connectivity index (χ4v) is 3.40. The number of unbranched alkanes of at least 4 members (excludes halogenated alkanes) is 1. The molecule has 0 aliphatic rings. The number of aromatic nitrogens is 4. The van der Waals surface area contributed by atoms with Gasteiger partial charge in [0, 0.05) is 12.1 Å². The Morgan fingerprint density at radius 1 is 1.12 bits per heavy atom. The summed E-state index contributed by atoms with van der Waals surface area (Å²) >= 11 is 6.15. The number of ether oxygens (including phenoxy) is 1. The first kappa shape index (κ1) is 25.9. The van der Waals surface area contributed by atoms with Crippen molar-refractivity contribution in [2.24, 2.45) is 0 Å². The molecule has 0 radical (unpaired) electrons. The maximum atomic E-state index is 15.1. The Labute approximate surface area is 197 Å². The predicted molar refractivity (Wildman–Crippen MR) is 118 cm³/mol. The van der Waals surface area contributed by atoms with Crippen molar-refractivity contribution in [1.82, 2.24) is 24.9 Å². The fourth-order valence-electron chi connectivity index (χ4n) is 3.14. The lowest BCUT2D eigenvalue weighted by molar-refractivity contribution is -0.138. The van der Waals surface area contributed by atoms with Crippen LogP contribution in [0.3, 0.4) is 0 Å². The van der Waals surface area contributed by atoms with Gasteiger partial charge in [0.1, 0.15) is 40.7 Å². The van der Waals surface area contributed by atoms with Gasteiger partial charge in [-0.25, -0.2) is 8.78 Å². The van der Waals surface area contributed by atoms with E-state index in [1.54, 1.807) is 0 Å². The number of hydrogen-bond donors (Lipinski definition) is 2. The number of rotatable bonds is 11. The molecule has 0 aliphatic heterocycles. The summed E-state index contributed by atoms with van der Waals surface area (Å²) in [5.74, 6) is -2.76. The normalized spacial score (nSPS) is 12.8. The molecule has 13 heteroatoms. The van der Waals surface area contributed by atoms with Gasteiger partial charge in [-0.15, -0.1) is 0 Å².